The highest BCUT2D eigenvalue weighted by Gasteiger charge is 2.13. The van der Waals surface area contributed by atoms with Crippen LogP contribution in [-0.4, -0.2) is 5.11 Å². The van der Waals surface area contributed by atoms with Crippen molar-refractivity contribution >= 4 is 11.4 Å². The molecular formula is C18H24N2O. The van der Waals surface area contributed by atoms with Crippen LogP contribution in [0.5, 0.6) is 0 Å². The summed E-state index contributed by atoms with van der Waals surface area (Å²) in [5, 5.41) is 9.16. The zero-order valence-corrected chi connectivity index (χ0v) is 13.0. The second kappa shape index (κ2) is 8.12. The van der Waals surface area contributed by atoms with Crippen LogP contribution >= 0.6 is 0 Å². The Morgan fingerprint density at radius 2 is 1.76 bits per heavy atom. The number of hydrogen-bond donors (Lipinski definition) is 2. The molecule has 0 saturated heterocycles. The van der Waals surface area contributed by atoms with Gasteiger partial charge in [0.15, 0.2) is 0 Å². The van der Waals surface area contributed by atoms with E-state index in [9.17, 15) is 0 Å². The number of aliphatic hydroxyl groups excluding tert-OH is 1. The molecule has 2 aromatic rings. The van der Waals surface area contributed by atoms with Crippen LogP contribution in [0.2, 0.25) is 0 Å². The molecule has 0 saturated carbocycles. The smallest absolute Gasteiger partial charge is 0.100 e. The first kappa shape index (κ1) is 16.8. The molecule has 0 aromatic heterocycles. The third-order valence-corrected chi connectivity index (χ3v) is 2.99. The molecule has 0 unspecified atom stereocenters. The largest absolute Gasteiger partial charge is 0.392 e. The molecule has 3 heteroatoms. The molecular weight excluding hydrogens is 260 g/mol. The van der Waals surface area contributed by atoms with Crippen LogP contribution < -0.4 is 10.6 Å². The van der Waals surface area contributed by atoms with Crippen molar-refractivity contribution in [2.24, 2.45) is 5.73 Å². The van der Waals surface area contributed by atoms with Gasteiger partial charge in [0.05, 0.1) is 12.3 Å². The lowest BCUT2D eigenvalue weighted by Crippen LogP contribution is -2.22. The molecule has 0 fully saturated rings. The van der Waals surface area contributed by atoms with Gasteiger partial charge in [-0.1, -0.05) is 50.8 Å². The fourth-order valence-corrected chi connectivity index (χ4v) is 2.10. The van der Waals surface area contributed by atoms with Crippen LogP contribution in [0.15, 0.2) is 60.9 Å². The first-order valence-corrected chi connectivity index (χ1v) is 7.13. The molecule has 0 atom stereocenters. The van der Waals surface area contributed by atoms with E-state index in [2.05, 4.69) is 6.58 Å². The SMILES string of the molecule is C=C(N)N(c1ccccc1)c1ccc(CO)cc1C.CC. The van der Waals surface area contributed by atoms with Gasteiger partial charge in [-0.2, -0.15) is 0 Å². The minimum absolute atomic E-state index is 0.0377. The number of anilines is 2. The number of benzene rings is 2. The second-order valence-electron chi connectivity index (χ2n) is 4.44. The summed E-state index contributed by atoms with van der Waals surface area (Å²) in [5.74, 6) is 0.464. The number of aryl methyl sites for hydroxylation is 1. The molecule has 0 amide bonds. The first-order chi connectivity index (χ1) is 10.1. The Hall–Kier alpha value is -2.26. The van der Waals surface area contributed by atoms with Crippen molar-refractivity contribution in [2.75, 3.05) is 4.90 Å². The minimum Gasteiger partial charge on any atom is -0.392 e. The number of nitrogens with two attached hydrogens (primary N) is 1. The molecule has 3 N–H and O–H groups in total. The van der Waals surface area contributed by atoms with Crippen LogP contribution in [0.4, 0.5) is 11.4 Å². The van der Waals surface area contributed by atoms with E-state index in [4.69, 9.17) is 10.8 Å². The van der Waals surface area contributed by atoms with E-state index < -0.39 is 0 Å². The first-order valence-electron chi connectivity index (χ1n) is 7.13. The van der Waals surface area contributed by atoms with Gasteiger partial charge in [-0.3, -0.25) is 4.90 Å². The molecule has 0 aliphatic rings. The molecule has 3 nitrogen and oxygen atoms in total. The maximum atomic E-state index is 9.16. The van der Waals surface area contributed by atoms with E-state index in [0.717, 1.165) is 22.5 Å². The summed E-state index contributed by atoms with van der Waals surface area (Å²) in [6.07, 6.45) is 0. The predicted octanol–water partition coefficient (Wildman–Crippen LogP) is 4.08. The fraction of sp³-hybridized carbons (Fsp3) is 0.222. The Kier molecular flexibility index (Phi) is 6.50. The van der Waals surface area contributed by atoms with Gasteiger partial charge in [0.2, 0.25) is 0 Å². The highest BCUT2D eigenvalue weighted by Crippen LogP contribution is 2.30. The highest BCUT2D eigenvalue weighted by molar-refractivity contribution is 5.70. The quantitative estimate of drug-likeness (QED) is 0.889. The van der Waals surface area contributed by atoms with E-state index in [1.807, 2.05) is 74.2 Å². The van der Waals surface area contributed by atoms with E-state index in [0.29, 0.717) is 5.82 Å². The summed E-state index contributed by atoms with van der Waals surface area (Å²) in [4.78, 5) is 1.90. The van der Waals surface area contributed by atoms with Crippen LogP contribution in [0.25, 0.3) is 0 Å². The molecule has 21 heavy (non-hydrogen) atoms. The molecule has 0 radical (unpaired) electrons. The Bertz CT molecular complexity index is 579. The van der Waals surface area contributed by atoms with Gasteiger partial charge in [-0.25, -0.2) is 0 Å². The second-order valence-corrected chi connectivity index (χ2v) is 4.44. The Morgan fingerprint density at radius 3 is 2.24 bits per heavy atom. The number of para-hydroxylation sites is 1. The average Bonchev–Trinajstić information content (AvgIpc) is 2.52. The van der Waals surface area contributed by atoms with Crippen molar-refractivity contribution in [3.05, 3.63) is 72.1 Å². The van der Waals surface area contributed by atoms with Crippen LogP contribution in [-0.2, 0) is 6.61 Å². The van der Waals surface area contributed by atoms with E-state index in [-0.39, 0.29) is 6.61 Å². The monoisotopic (exact) mass is 284 g/mol. The lowest BCUT2D eigenvalue weighted by Gasteiger charge is -2.26. The van der Waals surface area contributed by atoms with Gasteiger partial charge in [-0.05, 0) is 36.2 Å². The van der Waals surface area contributed by atoms with Crippen LogP contribution in [0, 0.1) is 6.92 Å². The van der Waals surface area contributed by atoms with Crippen molar-refractivity contribution in [2.45, 2.75) is 27.4 Å². The fourth-order valence-electron chi connectivity index (χ4n) is 2.10. The average molecular weight is 284 g/mol. The van der Waals surface area contributed by atoms with Crippen molar-refractivity contribution in [3.63, 3.8) is 0 Å². The highest BCUT2D eigenvalue weighted by atomic mass is 16.3. The number of aliphatic hydroxyl groups is 1. The third kappa shape index (κ3) is 4.10. The predicted molar refractivity (Wildman–Crippen MR) is 90.4 cm³/mol. The Balaban J connectivity index is 0.00000106. The molecule has 0 aliphatic carbocycles. The summed E-state index contributed by atoms with van der Waals surface area (Å²) in [7, 11) is 0. The lowest BCUT2D eigenvalue weighted by atomic mass is 10.1. The summed E-state index contributed by atoms with van der Waals surface area (Å²) in [6.45, 7) is 9.88. The summed E-state index contributed by atoms with van der Waals surface area (Å²) in [5.41, 5.74) is 9.79. The normalized spacial score (nSPS) is 9.52. The van der Waals surface area contributed by atoms with Gasteiger partial charge in [0.25, 0.3) is 0 Å². The van der Waals surface area contributed by atoms with Crippen molar-refractivity contribution < 1.29 is 5.11 Å². The minimum atomic E-state index is 0.0377. The molecule has 0 spiro atoms. The standard InChI is InChI=1S/C16H18N2O.C2H6/c1-12-10-14(11-19)8-9-16(12)18(13(2)17)15-6-4-3-5-7-15;1-2/h3-10,19H,2,11,17H2,1H3;1-2H3. The van der Waals surface area contributed by atoms with E-state index >= 15 is 0 Å². The third-order valence-electron chi connectivity index (χ3n) is 2.99. The number of nitrogens with zero attached hydrogens (tertiary/aromatic N) is 1. The Morgan fingerprint density at radius 1 is 1.14 bits per heavy atom. The van der Waals surface area contributed by atoms with Gasteiger partial charge < -0.3 is 10.8 Å². The van der Waals surface area contributed by atoms with Crippen molar-refractivity contribution in [3.8, 4) is 0 Å². The summed E-state index contributed by atoms with van der Waals surface area (Å²) < 4.78 is 0. The lowest BCUT2D eigenvalue weighted by molar-refractivity contribution is 0.282. The zero-order chi connectivity index (χ0) is 15.8. The van der Waals surface area contributed by atoms with Crippen molar-refractivity contribution in [1.82, 2.24) is 0 Å². The van der Waals surface area contributed by atoms with Crippen LogP contribution in [0.1, 0.15) is 25.0 Å². The molecule has 2 rings (SSSR count). The molecule has 0 heterocycles. The van der Waals surface area contributed by atoms with Crippen LogP contribution in [0.3, 0.4) is 0 Å². The maximum Gasteiger partial charge on any atom is 0.100 e. The van der Waals surface area contributed by atoms with E-state index in [1.165, 1.54) is 0 Å². The molecule has 2 aromatic carbocycles. The summed E-state index contributed by atoms with van der Waals surface area (Å²) in [6, 6.07) is 15.6. The topological polar surface area (TPSA) is 49.5 Å². The zero-order valence-electron chi connectivity index (χ0n) is 13.0. The van der Waals surface area contributed by atoms with E-state index in [1.54, 1.807) is 0 Å². The summed E-state index contributed by atoms with van der Waals surface area (Å²) >= 11 is 0. The van der Waals surface area contributed by atoms with Gasteiger partial charge >= 0.3 is 0 Å². The number of rotatable bonds is 4. The van der Waals surface area contributed by atoms with Gasteiger partial charge in [-0.15, -0.1) is 0 Å². The van der Waals surface area contributed by atoms with Gasteiger partial charge in [0.1, 0.15) is 5.82 Å². The van der Waals surface area contributed by atoms with Crippen molar-refractivity contribution in [1.29, 1.82) is 0 Å². The number of hydrogen-bond acceptors (Lipinski definition) is 3. The Labute approximate surface area is 127 Å². The molecule has 0 bridgehead atoms. The molecule has 0 aliphatic heterocycles. The maximum absolute atomic E-state index is 9.16. The van der Waals surface area contributed by atoms with Gasteiger partial charge in [0, 0.05) is 5.69 Å². The molecule has 112 valence electrons.